The van der Waals surface area contributed by atoms with Crippen molar-refractivity contribution in [1.29, 1.82) is 0 Å². The largest absolute Gasteiger partial charge is 0.425 e. The first-order chi connectivity index (χ1) is 14.3. The van der Waals surface area contributed by atoms with Crippen LogP contribution >= 0.6 is 0 Å². The highest BCUT2D eigenvalue weighted by molar-refractivity contribution is 6.74. The molecule has 0 saturated carbocycles. The molecule has 1 rings (SSSR count). The third-order valence-corrected chi connectivity index (χ3v) is 16.8. The zero-order valence-electron chi connectivity index (χ0n) is 19.4. The Kier molecular flexibility index (Phi) is 20.0. The molecule has 174 valence electrons. The number of rotatable bonds is 17. The van der Waals surface area contributed by atoms with Gasteiger partial charge in [0.2, 0.25) is 0 Å². The predicted molar refractivity (Wildman–Crippen MR) is 136 cm³/mol. The van der Waals surface area contributed by atoms with Gasteiger partial charge in [-0.2, -0.15) is 0 Å². The van der Waals surface area contributed by atoms with Gasteiger partial charge in [-0.15, -0.1) is 0 Å². The van der Waals surface area contributed by atoms with Crippen LogP contribution in [0.4, 0.5) is 0 Å². The summed E-state index contributed by atoms with van der Waals surface area (Å²) >= 11 is 0. The van der Waals surface area contributed by atoms with Gasteiger partial charge in [-0.25, -0.2) is 0 Å². The fourth-order valence-electron chi connectivity index (χ4n) is 3.73. The molecule has 0 aromatic carbocycles. The first kappa shape index (κ1) is 27.9. The molecule has 29 heavy (non-hydrogen) atoms. The lowest BCUT2D eigenvalue weighted by Gasteiger charge is -2.28. The Morgan fingerprint density at radius 3 is 1.24 bits per heavy atom. The summed E-state index contributed by atoms with van der Waals surface area (Å²) in [5.74, 6) is 0. The van der Waals surface area contributed by atoms with Gasteiger partial charge in [0.15, 0.2) is 0 Å². The molecule has 1 aliphatic rings. The van der Waals surface area contributed by atoms with Gasteiger partial charge in [0.05, 0.1) is 0 Å². The van der Waals surface area contributed by atoms with Gasteiger partial charge < -0.3 is 20.6 Å². The Bertz CT molecular complexity index is 345. The van der Waals surface area contributed by atoms with Crippen molar-refractivity contribution < 1.29 is 20.6 Å². The van der Waals surface area contributed by atoms with Crippen molar-refractivity contribution in [1.82, 2.24) is 0 Å². The summed E-state index contributed by atoms with van der Waals surface area (Å²) in [6.07, 6.45) is 22.5. The minimum absolute atomic E-state index is 0.821. The second kappa shape index (κ2) is 20.8. The highest BCUT2D eigenvalue weighted by atomic mass is 28.5. The van der Waals surface area contributed by atoms with Gasteiger partial charge in [0.25, 0.3) is 40.0 Å². The number of hydrogen-bond donors (Lipinski definition) is 0. The first-order valence-corrected chi connectivity index (χ1v) is 19.4. The van der Waals surface area contributed by atoms with E-state index in [0.29, 0.717) is 0 Å². The molecule has 5 nitrogen and oxygen atoms in total. The van der Waals surface area contributed by atoms with Crippen LogP contribution in [-0.2, 0) is 20.6 Å². The summed E-state index contributed by atoms with van der Waals surface area (Å²) in [6.45, 7) is 4.50. The van der Waals surface area contributed by atoms with Crippen LogP contribution in [0.3, 0.4) is 0 Å². The third kappa shape index (κ3) is 18.2. The quantitative estimate of drug-likeness (QED) is 0.228. The fourth-order valence-corrected chi connectivity index (χ4v) is 14.9. The van der Waals surface area contributed by atoms with E-state index in [0.717, 1.165) is 6.04 Å². The van der Waals surface area contributed by atoms with E-state index in [1.165, 1.54) is 103 Å². The monoisotopic (exact) mass is 496 g/mol. The van der Waals surface area contributed by atoms with Crippen molar-refractivity contribution in [2.45, 2.75) is 122 Å². The molecule has 0 aliphatic carbocycles. The molecule has 0 aromatic rings. The maximum absolute atomic E-state index is 6.09. The second-order valence-corrected chi connectivity index (χ2v) is 19.5. The first-order valence-electron chi connectivity index (χ1n) is 12.3. The third-order valence-electron chi connectivity index (χ3n) is 5.71. The van der Waals surface area contributed by atoms with Gasteiger partial charge in [0.1, 0.15) is 0 Å². The zero-order chi connectivity index (χ0) is 20.9. The van der Waals surface area contributed by atoms with Crippen LogP contribution in [0.2, 0.25) is 12.6 Å². The minimum Gasteiger partial charge on any atom is -0.425 e. The summed E-state index contributed by atoms with van der Waals surface area (Å²) in [6, 6.07) is 1.10. The summed E-state index contributed by atoms with van der Waals surface area (Å²) in [7, 11) is -5.45. The molecule has 0 bridgehead atoms. The molecule has 1 heterocycles. The lowest BCUT2D eigenvalue weighted by molar-refractivity contribution is 0.313. The van der Waals surface area contributed by atoms with Gasteiger partial charge in [-0.1, -0.05) is 110 Å². The maximum atomic E-state index is 6.09. The Morgan fingerprint density at radius 2 is 0.828 bits per heavy atom. The number of unbranched alkanes of at least 4 members (excludes halogenated alkanes) is 15. The normalized spacial score (nSPS) is 24.6. The average Bonchev–Trinajstić information content (AvgIpc) is 2.72. The van der Waals surface area contributed by atoms with Crippen LogP contribution in [0, 0.1) is 0 Å². The molecule has 0 atom stereocenters. The predicted octanol–water partition coefficient (Wildman–Crippen LogP) is 3.41. The smallest absolute Gasteiger partial charge is 0.316 e. The molecule has 1 aliphatic heterocycles. The fraction of sp³-hybridized carbons (Fsp3) is 1.00. The zero-order valence-corrected chi connectivity index (χ0v) is 26.0. The highest BCUT2D eigenvalue weighted by Gasteiger charge is 2.30. The summed E-state index contributed by atoms with van der Waals surface area (Å²) < 4.78 is 28.8. The second-order valence-electron chi connectivity index (χ2n) is 8.56. The summed E-state index contributed by atoms with van der Waals surface area (Å²) in [5.41, 5.74) is 0. The van der Waals surface area contributed by atoms with Crippen LogP contribution in [0.5, 0.6) is 0 Å². The molecular formula is C19H48O5Si5. The Morgan fingerprint density at radius 1 is 0.483 bits per heavy atom. The molecule has 0 aromatic heterocycles. The van der Waals surface area contributed by atoms with Gasteiger partial charge in [0, 0.05) is 0 Å². The molecule has 0 spiro atoms. The van der Waals surface area contributed by atoms with Gasteiger partial charge in [-0.05, 0) is 12.6 Å². The van der Waals surface area contributed by atoms with Crippen molar-refractivity contribution in [2.24, 2.45) is 0 Å². The van der Waals surface area contributed by atoms with Crippen molar-refractivity contribution in [3.8, 4) is 0 Å². The molecule has 0 unspecified atom stereocenters. The molecule has 1 fully saturated rings. The van der Waals surface area contributed by atoms with E-state index in [4.69, 9.17) is 20.6 Å². The Labute approximate surface area is 191 Å². The SMILES string of the molecule is CCCCCCCCCCCCCCCCCC[Si]1(C)O[SiH2]O[SiH2]O[SiH2]O[SiH2]O1. The van der Waals surface area contributed by atoms with Crippen molar-refractivity contribution >= 4 is 48.6 Å². The van der Waals surface area contributed by atoms with Crippen molar-refractivity contribution in [3.05, 3.63) is 0 Å². The molecular weight excluding hydrogens is 449 g/mol. The van der Waals surface area contributed by atoms with Crippen LogP contribution in [-0.4, -0.2) is 48.6 Å². The van der Waals surface area contributed by atoms with E-state index in [2.05, 4.69) is 13.5 Å². The molecule has 10 heteroatoms. The lowest BCUT2D eigenvalue weighted by atomic mass is 10.0. The Balaban J connectivity index is 1.85. The Hall–Kier alpha value is 0.884. The van der Waals surface area contributed by atoms with Crippen LogP contribution in [0.1, 0.15) is 110 Å². The minimum atomic E-state index is -2.02. The van der Waals surface area contributed by atoms with Crippen molar-refractivity contribution in [3.63, 3.8) is 0 Å². The molecule has 0 radical (unpaired) electrons. The van der Waals surface area contributed by atoms with Crippen LogP contribution < -0.4 is 0 Å². The van der Waals surface area contributed by atoms with Crippen LogP contribution in [0.25, 0.3) is 0 Å². The van der Waals surface area contributed by atoms with E-state index in [-0.39, 0.29) is 0 Å². The van der Waals surface area contributed by atoms with E-state index in [1.807, 2.05) is 0 Å². The molecule has 1 saturated heterocycles. The average molecular weight is 497 g/mol. The topological polar surface area (TPSA) is 46.2 Å². The van der Waals surface area contributed by atoms with Gasteiger partial charge >= 0.3 is 8.56 Å². The molecule has 0 amide bonds. The highest BCUT2D eigenvalue weighted by Crippen LogP contribution is 2.19. The standard InChI is InChI=1S/C19H48O5Si5/c1-3-4-5-6-7-8-9-10-11-12-13-14-15-16-17-18-19-29(2)23-27-21-25-20-26-22-28-24-29/h3-19,25-28H2,1-2H3. The van der Waals surface area contributed by atoms with E-state index < -0.39 is 48.6 Å². The number of hydrogen-bond acceptors (Lipinski definition) is 5. The summed E-state index contributed by atoms with van der Waals surface area (Å²) in [5, 5.41) is 0. The lowest BCUT2D eigenvalue weighted by Crippen LogP contribution is -2.43. The van der Waals surface area contributed by atoms with E-state index >= 15 is 0 Å². The van der Waals surface area contributed by atoms with Crippen LogP contribution in [0.15, 0.2) is 0 Å². The van der Waals surface area contributed by atoms with Crippen molar-refractivity contribution in [2.75, 3.05) is 0 Å². The van der Waals surface area contributed by atoms with E-state index in [9.17, 15) is 0 Å². The van der Waals surface area contributed by atoms with E-state index in [1.54, 1.807) is 0 Å². The maximum Gasteiger partial charge on any atom is 0.316 e. The van der Waals surface area contributed by atoms with Gasteiger partial charge in [-0.3, -0.25) is 0 Å². The summed E-state index contributed by atoms with van der Waals surface area (Å²) in [4.78, 5) is 0. The molecule has 0 N–H and O–H groups in total.